The van der Waals surface area contributed by atoms with E-state index in [1.165, 1.54) is 0 Å². The van der Waals surface area contributed by atoms with Gasteiger partial charge in [0.25, 0.3) is 5.91 Å². The Labute approximate surface area is 103 Å². The second kappa shape index (κ2) is 4.22. The van der Waals surface area contributed by atoms with Gasteiger partial charge in [-0.2, -0.15) is 5.10 Å². The Morgan fingerprint density at radius 1 is 1.50 bits per heavy atom. The molecule has 8 nitrogen and oxygen atoms in total. The van der Waals surface area contributed by atoms with Crippen LogP contribution in [-0.2, 0) is 7.05 Å². The summed E-state index contributed by atoms with van der Waals surface area (Å²) < 4.78 is 3.33. The molecule has 18 heavy (non-hydrogen) atoms. The molecule has 2 aromatic rings. The summed E-state index contributed by atoms with van der Waals surface area (Å²) in [5.41, 5.74) is 0.952. The molecule has 0 bridgehead atoms. The zero-order valence-electron chi connectivity index (χ0n) is 9.87. The molecule has 2 N–H and O–H groups in total. The largest absolute Gasteiger partial charge is 0.318 e. The maximum absolute atomic E-state index is 11.9. The van der Waals surface area contributed by atoms with Crippen LogP contribution in [0.25, 0.3) is 0 Å². The van der Waals surface area contributed by atoms with Crippen molar-refractivity contribution in [2.75, 3.05) is 18.4 Å². The van der Waals surface area contributed by atoms with Crippen LogP contribution >= 0.6 is 0 Å². The van der Waals surface area contributed by atoms with Gasteiger partial charge in [0.05, 0.1) is 24.1 Å². The van der Waals surface area contributed by atoms with Crippen LogP contribution in [-0.4, -0.2) is 43.8 Å². The predicted molar refractivity (Wildman–Crippen MR) is 63.1 cm³/mol. The highest BCUT2D eigenvalue weighted by Crippen LogP contribution is 2.11. The Morgan fingerprint density at radius 3 is 2.94 bits per heavy atom. The number of nitrogens with zero attached hydrogens (tertiary/aromatic N) is 5. The highest BCUT2D eigenvalue weighted by Gasteiger charge is 2.21. The van der Waals surface area contributed by atoms with E-state index in [1.54, 1.807) is 35.0 Å². The van der Waals surface area contributed by atoms with Gasteiger partial charge < -0.3 is 10.6 Å². The zero-order chi connectivity index (χ0) is 12.5. The Hall–Kier alpha value is -2.22. The number of nitrogens with one attached hydrogen (secondary N) is 2. The van der Waals surface area contributed by atoms with Crippen LogP contribution in [0.5, 0.6) is 0 Å². The van der Waals surface area contributed by atoms with Gasteiger partial charge in [-0.05, 0) is 0 Å². The lowest BCUT2D eigenvalue weighted by Gasteiger charge is -2.26. The highest BCUT2D eigenvalue weighted by atomic mass is 16.2. The van der Waals surface area contributed by atoms with Crippen molar-refractivity contribution < 1.29 is 4.79 Å². The summed E-state index contributed by atoms with van der Waals surface area (Å²) in [5, 5.41) is 17.6. The van der Waals surface area contributed by atoms with Crippen molar-refractivity contribution in [2.45, 2.75) is 6.04 Å². The quantitative estimate of drug-likeness (QED) is 0.756. The minimum atomic E-state index is -0.276. The van der Waals surface area contributed by atoms with Gasteiger partial charge in [-0.15, -0.1) is 5.10 Å². The number of amides is 1. The maximum atomic E-state index is 11.9. The van der Waals surface area contributed by atoms with Gasteiger partial charge in [-0.1, -0.05) is 5.21 Å². The summed E-state index contributed by atoms with van der Waals surface area (Å²) in [5.74, 6) is -0.276. The van der Waals surface area contributed by atoms with Crippen molar-refractivity contribution in [3.63, 3.8) is 0 Å². The molecule has 1 amide bonds. The average molecular weight is 247 g/mol. The van der Waals surface area contributed by atoms with Gasteiger partial charge in [-0.25, -0.2) is 4.68 Å². The van der Waals surface area contributed by atoms with Crippen molar-refractivity contribution in [1.29, 1.82) is 0 Å². The summed E-state index contributed by atoms with van der Waals surface area (Å²) in [6, 6.07) is 0.303. The van der Waals surface area contributed by atoms with E-state index in [2.05, 4.69) is 26.0 Å². The van der Waals surface area contributed by atoms with E-state index in [4.69, 9.17) is 0 Å². The molecule has 1 aliphatic rings. The summed E-state index contributed by atoms with van der Waals surface area (Å²) in [6.07, 6.45) is 4.97. The third-order valence-corrected chi connectivity index (χ3v) is 2.84. The van der Waals surface area contributed by atoms with Gasteiger partial charge in [0.15, 0.2) is 5.69 Å². The van der Waals surface area contributed by atoms with Crippen LogP contribution in [0.2, 0.25) is 0 Å². The van der Waals surface area contributed by atoms with Gasteiger partial charge in [0.2, 0.25) is 0 Å². The zero-order valence-corrected chi connectivity index (χ0v) is 9.87. The molecule has 0 atom stereocenters. The molecule has 2 aromatic heterocycles. The molecule has 0 spiro atoms. The molecule has 1 aliphatic heterocycles. The fourth-order valence-electron chi connectivity index (χ4n) is 1.70. The summed E-state index contributed by atoms with van der Waals surface area (Å²) in [7, 11) is 1.79. The van der Waals surface area contributed by atoms with Gasteiger partial charge in [-0.3, -0.25) is 9.48 Å². The number of carbonyl (C=O) groups is 1. The third kappa shape index (κ3) is 1.97. The van der Waals surface area contributed by atoms with E-state index in [9.17, 15) is 4.79 Å². The Balaban J connectivity index is 1.70. The van der Waals surface area contributed by atoms with Crippen molar-refractivity contribution in [3.05, 3.63) is 24.3 Å². The lowest BCUT2D eigenvalue weighted by Crippen LogP contribution is -2.43. The van der Waals surface area contributed by atoms with Crippen LogP contribution in [0.3, 0.4) is 0 Å². The maximum Gasteiger partial charge on any atom is 0.277 e. The van der Waals surface area contributed by atoms with Crippen LogP contribution in [0.1, 0.15) is 16.5 Å². The third-order valence-electron chi connectivity index (χ3n) is 2.84. The van der Waals surface area contributed by atoms with Crippen molar-refractivity contribution in [3.8, 4) is 0 Å². The average Bonchev–Trinajstić information content (AvgIpc) is 2.86. The number of anilines is 1. The molecule has 3 heterocycles. The van der Waals surface area contributed by atoms with E-state index >= 15 is 0 Å². The molecular weight excluding hydrogens is 234 g/mol. The Kier molecular flexibility index (Phi) is 2.56. The van der Waals surface area contributed by atoms with E-state index < -0.39 is 0 Å². The standard InChI is InChI=1S/C10H13N7O/c1-16-5-7(2-12-16)13-10(18)9-6-17(15-14-9)8-3-11-4-8/h2,5-6,8,11H,3-4H2,1H3,(H,13,18). The predicted octanol–water partition coefficient (Wildman–Crippen LogP) is -0.592. The van der Waals surface area contributed by atoms with Crippen molar-refractivity contribution >= 4 is 11.6 Å². The second-order valence-electron chi connectivity index (χ2n) is 4.25. The Morgan fingerprint density at radius 2 is 2.33 bits per heavy atom. The second-order valence-corrected chi connectivity index (χ2v) is 4.25. The number of aryl methyl sites for hydroxylation is 1. The molecule has 0 aliphatic carbocycles. The van der Waals surface area contributed by atoms with Gasteiger partial charge >= 0.3 is 0 Å². The van der Waals surface area contributed by atoms with Crippen LogP contribution < -0.4 is 10.6 Å². The first-order valence-corrected chi connectivity index (χ1v) is 5.65. The van der Waals surface area contributed by atoms with E-state index in [1.807, 2.05) is 0 Å². The highest BCUT2D eigenvalue weighted by molar-refractivity contribution is 6.02. The fourth-order valence-corrected chi connectivity index (χ4v) is 1.70. The minimum absolute atomic E-state index is 0.276. The van der Waals surface area contributed by atoms with Crippen molar-refractivity contribution in [2.24, 2.45) is 7.05 Å². The number of hydrogen-bond acceptors (Lipinski definition) is 5. The molecule has 3 rings (SSSR count). The molecule has 0 unspecified atom stereocenters. The monoisotopic (exact) mass is 247 g/mol. The first kappa shape index (κ1) is 10.9. The summed E-state index contributed by atoms with van der Waals surface area (Å²) >= 11 is 0. The number of aromatic nitrogens is 5. The summed E-state index contributed by atoms with van der Waals surface area (Å²) in [6.45, 7) is 1.74. The molecular formula is C10H13N7O. The lowest BCUT2D eigenvalue weighted by atomic mass is 10.2. The number of carbonyl (C=O) groups excluding carboxylic acids is 1. The molecule has 0 saturated carbocycles. The minimum Gasteiger partial charge on any atom is -0.318 e. The molecule has 1 fully saturated rings. The van der Waals surface area contributed by atoms with E-state index in [-0.39, 0.29) is 5.91 Å². The fraction of sp³-hybridized carbons (Fsp3) is 0.400. The van der Waals surface area contributed by atoms with Crippen LogP contribution in [0.4, 0.5) is 5.69 Å². The van der Waals surface area contributed by atoms with Gasteiger partial charge in [0, 0.05) is 26.3 Å². The smallest absolute Gasteiger partial charge is 0.277 e. The lowest BCUT2D eigenvalue weighted by molar-refractivity contribution is 0.102. The molecule has 8 heteroatoms. The molecule has 0 aromatic carbocycles. The van der Waals surface area contributed by atoms with Gasteiger partial charge in [0.1, 0.15) is 0 Å². The number of hydrogen-bond donors (Lipinski definition) is 2. The van der Waals surface area contributed by atoms with Crippen molar-refractivity contribution in [1.82, 2.24) is 30.1 Å². The molecule has 1 saturated heterocycles. The molecule has 0 radical (unpaired) electrons. The SMILES string of the molecule is Cn1cc(NC(=O)c2cn(C3CNC3)nn2)cn1. The molecule has 94 valence electrons. The van der Waals surface area contributed by atoms with E-state index in [0.29, 0.717) is 17.4 Å². The van der Waals surface area contributed by atoms with Crippen LogP contribution in [0.15, 0.2) is 18.6 Å². The van der Waals surface area contributed by atoms with Crippen LogP contribution in [0, 0.1) is 0 Å². The topological polar surface area (TPSA) is 89.7 Å². The summed E-state index contributed by atoms with van der Waals surface area (Å²) in [4.78, 5) is 11.9. The normalized spacial score (nSPS) is 15.4. The van der Waals surface area contributed by atoms with E-state index in [0.717, 1.165) is 13.1 Å². The first-order valence-electron chi connectivity index (χ1n) is 5.65. The number of rotatable bonds is 3. The Bertz CT molecular complexity index is 568. The first-order chi connectivity index (χ1) is 8.72.